The molecule has 11 heteroatoms. The van der Waals surface area contributed by atoms with Crippen LogP contribution in [0, 0.1) is 11.8 Å². The number of nitrogens with one attached hydrogen (secondary N) is 1. The minimum atomic E-state index is -2.38. The van der Waals surface area contributed by atoms with Crippen LogP contribution in [-0.2, 0) is 22.6 Å². The molecule has 0 aliphatic heterocycles. The van der Waals surface area contributed by atoms with Crippen molar-refractivity contribution in [3.63, 3.8) is 0 Å². The molecule has 39 heavy (non-hydrogen) atoms. The number of carbonyl (C=O) groups excluding carboxylic acids is 2. The summed E-state index contributed by atoms with van der Waals surface area (Å²) in [5.41, 5.74) is 4.67. The third-order valence-corrected chi connectivity index (χ3v) is 9.03. The number of primary amides is 1. The molecule has 5 rings (SSSR count). The quantitative estimate of drug-likeness (QED) is 0.284. The Hall–Kier alpha value is -3.15. The zero-order valence-electron chi connectivity index (χ0n) is 23.0. The first-order chi connectivity index (χ1) is 18.1. The maximum atomic E-state index is 14.1. The number of phenolic OH excluding ortho intramolecular Hbond substituents is 1. The molecule has 0 saturated heterocycles. The Kier molecular flexibility index (Phi) is 6.28. The average molecular weight is 535 g/mol. The van der Waals surface area contributed by atoms with E-state index >= 15 is 0 Å². The van der Waals surface area contributed by atoms with Crippen molar-refractivity contribution >= 4 is 36.1 Å². The fourth-order valence-corrected chi connectivity index (χ4v) is 6.83. The van der Waals surface area contributed by atoms with Crippen LogP contribution in [0.3, 0.4) is 0 Å². The fraction of sp³-hybridized carbons (Fsp3) is 0.536. The van der Waals surface area contributed by atoms with Crippen molar-refractivity contribution in [1.29, 1.82) is 0 Å². The molecule has 4 atom stereocenters. The van der Waals surface area contributed by atoms with Gasteiger partial charge in [-0.3, -0.25) is 0 Å². The van der Waals surface area contributed by atoms with Gasteiger partial charge in [0.25, 0.3) is 0 Å². The van der Waals surface area contributed by atoms with Gasteiger partial charge in [0.2, 0.25) is 0 Å². The summed E-state index contributed by atoms with van der Waals surface area (Å²) >= 11 is 0. The first-order valence-corrected chi connectivity index (χ1v) is 13.2. The molecule has 0 aromatic heterocycles. The monoisotopic (exact) mass is 535 g/mol. The Labute approximate surface area is 228 Å². The van der Waals surface area contributed by atoms with Crippen molar-refractivity contribution in [3.8, 4) is 5.75 Å². The molecule has 0 heterocycles. The van der Waals surface area contributed by atoms with E-state index in [0.717, 1.165) is 24.1 Å². The van der Waals surface area contributed by atoms with E-state index in [4.69, 9.17) is 13.2 Å². The summed E-state index contributed by atoms with van der Waals surface area (Å²) in [4.78, 5) is 29.8. The van der Waals surface area contributed by atoms with Crippen LogP contribution in [-0.4, -0.2) is 95.3 Å². The van der Waals surface area contributed by atoms with Crippen molar-refractivity contribution in [2.45, 2.75) is 56.3 Å². The minimum absolute atomic E-state index is 0.0525. The van der Waals surface area contributed by atoms with Gasteiger partial charge in [-0.15, -0.1) is 0 Å². The predicted molar refractivity (Wildman–Crippen MR) is 149 cm³/mol. The van der Waals surface area contributed by atoms with Gasteiger partial charge in [-0.05, 0) is 19.8 Å². The number of phenols is 1. The summed E-state index contributed by atoms with van der Waals surface area (Å²) in [5, 5.41) is 49.0. The van der Waals surface area contributed by atoms with Gasteiger partial charge in [0, 0.05) is 0 Å². The van der Waals surface area contributed by atoms with Crippen molar-refractivity contribution in [2.75, 3.05) is 33.1 Å². The summed E-state index contributed by atoms with van der Waals surface area (Å²) < 4.78 is 0. The molecule has 10 nitrogen and oxygen atoms in total. The third kappa shape index (κ3) is 3.93. The second-order valence-corrected chi connectivity index (χ2v) is 12.1. The number of likely N-dealkylation sites (N-methyl/N-ethyl adjacent to an activating group) is 1. The van der Waals surface area contributed by atoms with E-state index in [9.17, 15) is 30.0 Å². The SMILES string of the molecule is [B]=C1C(C(N)=O)=C(O)[C@@H](N(C)C)[C@@H]2C[C@@H]3Cc4c(c(O)cc(CNC5(C)CC5)c4N(C)C)C(O)=C3C(=O)[C@]12O. The first kappa shape index (κ1) is 27.4. The number of carbonyl (C=O) groups is 2. The molecule has 1 radical (unpaired) electrons. The van der Waals surface area contributed by atoms with Crippen LogP contribution in [0.25, 0.3) is 5.76 Å². The fourth-order valence-electron chi connectivity index (χ4n) is 6.83. The second kappa shape index (κ2) is 8.94. The van der Waals surface area contributed by atoms with Gasteiger partial charge in [-0.25, -0.2) is 0 Å². The molecule has 2 saturated carbocycles. The number of hydrogen-bond acceptors (Lipinski definition) is 9. The van der Waals surface area contributed by atoms with Crippen LogP contribution >= 0.6 is 0 Å². The van der Waals surface area contributed by atoms with Gasteiger partial charge < -0.3 is 0 Å². The molecule has 0 bridgehead atoms. The Balaban J connectivity index is 1.67. The summed E-state index contributed by atoms with van der Waals surface area (Å²) in [5.74, 6) is -4.35. The zero-order chi connectivity index (χ0) is 28.8. The zero-order valence-corrected chi connectivity index (χ0v) is 23.0. The Morgan fingerprint density at radius 1 is 1.21 bits per heavy atom. The molecule has 7 N–H and O–H groups in total. The van der Waals surface area contributed by atoms with E-state index in [2.05, 4.69) is 12.2 Å². The molecule has 0 unspecified atom stereocenters. The number of nitrogens with two attached hydrogens (primary N) is 1. The summed E-state index contributed by atoms with van der Waals surface area (Å²) in [6, 6.07) is 0.680. The van der Waals surface area contributed by atoms with Gasteiger partial charge in [0.05, 0.1) is 0 Å². The van der Waals surface area contributed by atoms with Gasteiger partial charge in [0.15, 0.2) is 0 Å². The number of aliphatic hydroxyl groups excluding tert-OH is 2. The van der Waals surface area contributed by atoms with Crippen LogP contribution in [0.4, 0.5) is 5.69 Å². The van der Waals surface area contributed by atoms with Crippen molar-refractivity contribution in [1.82, 2.24) is 10.2 Å². The van der Waals surface area contributed by atoms with E-state index in [1.807, 2.05) is 19.0 Å². The molecule has 1 aromatic carbocycles. The number of ketones is 1. The van der Waals surface area contributed by atoms with Crippen LogP contribution in [0.15, 0.2) is 23.0 Å². The molecule has 1 amide bonds. The number of aliphatic hydroxyl groups is 3. The van der Waals surface area contributed by atoms with Crippen molar-refractivity contribution in [2.24, 2.45) is 17.6 Å². The normalized spacial score (nSPS) is 29.2. The molecule has 0 spiro atoms. The Bertz CT molecular complexity index is 1380. The maximum absolute atomic E-state index is 14.1. The van der Waals surface area contributed by atoms with Crippen molar-refractivity contribution in [3.05, 3.63) is 39.7 Å². The molecule has 207 valence electrons. The average Bonchev–Trinajstić information content (AvgIpc) is 3.56. The molecular weight excluding hydrogens is 499 g/mol. The first-order valence-electron chi connectivity index (χ1n) is 13.2. The van der Waals surface area contributed by atoms with E-state index in [1.54, 1.807) is 25.1 Å². The Morgan fingerprint density at radius 2 is 1.85 bits per heavy atom. The number of aromatic hydroxyl groups is 1. The number of rotatable bonds is 6. The number of anilines is 1. The van der Waals surface area contributed by atoms with Crippen LogP contribution < -0.4 is 16.0 Å². The van der Waals surface area contributed by atoms with Gasteiger partial charge >= 0.3 is 209 Å². The number of benzene rings is 1. The predicted octanol–water partition coefficient (Wildman–Crippen LogP) is 0.444. The van der Waals surface area contributed by atoms with Crippen molar-refractivity contribution < 1.29 is 30.0 Å². The number of fused-ring (bicyclic) bond motifs is 3. The number of nitrogens with zero attached hydrogens (tertiary/aromatic N) is 2. The van der Waals surface area contributed by atoms with Crippen LogP contribution in [0.5, 0.6) is 5.75 Å². The summed E-state index contributed by atoms with van der Waals surface area (Å²) in [6.07, 6.45) is 2.64. The van der Waals surface area contributed by atoms with Gasteiger partial charge in [0.1, 0.15) is 0 Å². The molecular formula is C28H36BN4O6. The molecule has 2 fully saturated rings. The third-order valence-electron chi connectivity index (χ3n) is 9.03. The standard InChI is InChI=1S/C28H36BN4O6/c1-27(6-7-27)31-11-13-10-16(34)18-14(20(13)32(2)3)8-12-9-15-21(33(4)5)23(36)19(26(30)38)24(29)28(15,39)25(37)17(12)22(18)35/h10,12,15,21,31,34-36,39H,6-9,11H2,1-5H3,(H2,30,38)/t12-,15-,21-,28+/m0/s1. The summed E-state index contributed by atoms with van der Waals surface area (Å²) in [6.45, 7) is 2.68. The van der Waals surface area contributed by atoms with Gasteiger partial charge in [-0.2, -0.15) is 0 Å². The summed E-state index contributed by atoms with van der Waals surface area (Å²) in [7, 11) is 13.3. The number of Topliss-reactive ketones (excluding diaryl/α,β-unsaturated/α-hetero) is 1. The topological polar surface area (TPSA) is 160 Å². The molecule has 4 aliphatic rings. The number of hydrogen-bond donors (Lipinski definition) is 6. The Morgan fingerprint density at radius 3 is 2.38 bits per heavy atom. The van der Waals surface area contributed by atoms with Crippen LogP contribution in [0.1, 0.15) is 42.9 Å². The number of amides is 1. The molecule has 4 aliphatic carbocycles. The van der Waals surface area contributed by atoms with E-state index in [-0.39, 0.29) is 28.8 Å². The second-order valence-electron chi connectivity index (χ2n) is 12.1. The van der Waals surface area contributed by atoms with E-state index in [0.29, 0.717) is 18.5 Å². The van der Waals surface area contributed by atoms with Crippen LogP contribution in [0.2, 0.25) is 0 Å². The van der Waals surface area contributed by atoms with Gasteiger partial charge in [-0.1, -0.05) is 0 Å². The van der Waals surface area contributed by atoms with E-state index < -0.39 is 57.7 Å². The van der Waals surface area contributed by atoms with E-state index in [1.165, 1.54) is 0 Å². The molecule has 1 aromatic rings.